The predicted octanol–water partition coefficient (Wildman–Crippen LogP) is 2.32. The number of hydrogen-bond donors (Lipinski definition) is 1. The zero-order chi connectivity index (χ0) is 14.0. The summed E-state index contributed by atoms with van der Waals surface area (Å²) in [6.45, 7) is 1.68. The Labute approximate surface area is 111 Å². The summed E-state index contributed by atoms with van der Waals surface area (Å²) in [6, 6.07) is -0.625. The van der Waals surface area contributed by atoms with Crippen molar-refractivity contribution in [2.45, 2.75) is 57.3 Å². The summed E-state index contributed by atoms with van der Waals surface area (Å²) in [5.41, 5.74) is 0. The first-order valence-corrected chi connectivity index (χ1v) is 7.01. The summed E-state index contributed by atoms with van der Waals surface area (Å²) < 4.78 is 37.6. The third-order valence-electron chi connectivity index (χ3n) is 4.01. The largest absolute Gasteiger partial charge is 0.406 e. The van der Waals surface area contributed by atoms with Gasteiger partial charge in [-0.2, -0.15) is 13.2 Å². The van der Waals surface area contributed by atoms with E-state index in [9.17, 15) is 18.0 Å². The van der Waals surface area contributed by atoms with Crippen LogP contribution in [0.2, 0.25) is 0 Å². The van der Waals surface area contributed by atoms with E-state index in [4.69, 9.17) is 0 Å². The van der Waals surface area contributed by atoms with Gasteiger partial charge in [-0.15, -0.1) is 0 Å². The van der Waals surface area contributed by atoms with E-state index in [1.165, 1.54) is 0 Å². The molecule has 2 fully saturated rings. The number of amides is 1. The first-order chi connectivity index (χ1) is 8.90. The predicted molar refractivity (Wildman–Crippen MR) is 65.6 cm³/mol. The highest BCUT2D eigenvalue weighted by Crippen LogP contribution is 2.32. The topological polar surface area (TPSA) is 32.3 Å². The maximum Gasteiger partial charge on any atom is 0.406 e. The average molecular weight is 278 g/mol. The van der Waals surface area contributed by atoms with Crippen LogP contribution in [0.1, 0.15) is 39.0 Å². The van der Waals surface area contributed by atoms with Crippen LogP contribution in [0.25, 0.3) is 0 Å². The molecule has 0 aromatic carbocycles. The van der Waals surface area contributed by atoms with E-state index < -0.39 is 18.8 Å². The fourth-order valence-corrected chi connectivity index (χ4v) is 2.72. The van der Waals surface area contributed by atoms with E-state index >= 15 is 0 Å². The Morgan fingerprint density at radius 1 is 1.32 bits per heavy atom. The molecule has 0 aromatic rings. The molecule has 3 nitrogen and oxygen atoms in total. The standard InChI is InChI=1S/C13H21F3N2O/c1-2-9-5-6-17-11(7-9)12(19)18(10-3-4-10)8-13(14,15)16/h9-11,17H,2-8H2,1H3. The fraction of sp³-hybridized carbons (Fsp3) is 0.923. The quantitative estimate of drug-likeness (QED) is 0.856. The van der Waals surface area contributed by atoms with Crippen LogP contribution in [0.4, 0.5) is 13.2 Å². The fourth-order valence-electron chi connectivity index (χ4n) is 2.72. The summed E-state index contributed by atoms with van der Waals surface area (Å²) in [6.07, 6.45) is -0.262. The van der Waals surface area contributed by atoms with Gasteiger partial charge < -0.3 is 10.2 Å². The van der Waals surface area contributed by atoms with Crippen LogP contribution in [0.15, 0.2) is 0 Å². The number of carbonyl (C=O) groups is 1. The van der Waals surface area contributed by atoms with Crippen LogP contribution in [0, 0.1) is 5.92 Å². The van der Waals surface area contributed by atoms with Crippen LogP contribution in [0.5, 0.6) is 0 Å². The van der Waals surface area contributed by atoms with Crippen LogP contribution in [-0.4, -0.2) is 42.2 Å². The molecular weight excluding hydrogens is 257 g/mol. The van der Waals surface area contributed by atoms with Crippen molar-refractivity contribution in [3.63, 3.8) is 0 Å². The minimum atomic E-state index is -4.31. The lowest BCUT2D eigenvalue weighted by atomic mass is 9.90. The van der Waals surface area contributed by atoms with Gasteiger partial charge in [0.05, 0.1) is 6.04 Å². The number of piperidine rings is 1. The minimum Gasteiger partial charge on any atom is -0.329 e. The van der Waals surface area contributed by atoms with E-state index in [0.29, 0.717) is 25.2 Å². The van der Waals surface area contributed by atoms with Crippen molar-refractivity contribution in [3.05, 3.63) is 0 Å². The smallest absolute Gasteiger partial charge is 0.329 e. The number of rotatable bonds is 4. The Bertz CT molecular complexity index is 328. The highest BCUT2D eigenvalue weighted by molar-refractivity contribution is 5.82. The molecule has 1 amide bonds. The maximum atomic E-state index is 12.5. The van der Waals surface area contributed by atoms with E-state index in [1.807, 2.05) is 0 Å². The van der Waals surface area contributed by atoms with Crippen molar-refractivity contribution in [3.8, 4) is 0 Å². The molecule has 19 heavy (non-hydrogen) atoms. The van der Waals surface area contributed by atoms with Gasteiger partial charge in [0.15, 0.2) is 0 Å². The first kappa shape index (κ1) is 14.6. The van der Waals surface area contributed by atoms with E-state index in [1.54, 1.807) is 0 Å². The Kier molecular flexibility index (Phi) is 4.38. The molecular formula is C13H21F3N2O. The molecule has 0 spiro atoms. The third-order valence-corrected chi connectivity index (χ3v) is 4.01. The van der Waals surface area contributed by atoms with E-state index in [-0.39, 0.29) is 11.9 Å². The number of nitrogens with zero attached hydrogens (tertiary/aromatic N) is 1. The van der Waals surface area contributed by atoms with Crippen molar-refractivity contribution >= 4 is 5.91 Å². The molecule has 2 rings (SSSR count). The second kappa shape index (κ2) is 5.69. The zero-order valence-corrected chi connectivity index (χ0v) is 11.2. The molecule has 1 aliphatic heterocycles. The van der Waals surface area contributed by atoms with Gasteiger partial charge in [-0.3, -0.25) is 4.79 Å². The molecule has 0 aromatic heterocycles. The third kappa shape index (κ3) is 4.09. The Morgan fingerprint density at radius 3 is 2.53 bits per heavy atom. The molecule has 110 valence electrons. The van der Waals surface area contributed by atoms with E-state index in [2.05, 4.69) is 12.2 Å². The van der Waals surface area contributed by atoms with Crippen LogP contribution in [-0.2, 0) is 4.79 Å². The monoisotopic (exact) mass is 278 g/mol. The van der Waals surface area contributed by atoms with Crippen LogP contribution < -0.4 is 5.32 Å². The molecule has 6 heteroatoms. The lowest BCUT2D eigenvalue weighted by molar-refractivity contribution is -0.164. The zero-order valence-electron chi connectivity index (χ0n) is 11.2. The van der Waals surface area contributed by atoms with Gasteiger partial charge in [0.25, 0.3) is 0 Å². The molecule has 1 saturated heterocycles. The highest BCUT2D eigenvalue weighted by atomic mass is 19.4. The second-order valence-corrected chi connectivity index (χ2v) is 5.62. The number of carbonyl (C=O) groups excluding carboxylic acids is 1. The minimum absolute atomic E-state index is 0.196. The van der Waals surface area contributed by atoms with Gasteiger partial charge in [0.2, 0.25) is 5.91 Å². The Balaban J connectivity index is 1.98. The van der Waals surface area contributed by atoms with Gasteiger partial charge in [-0.1, -0.05) is 13.3 Å². The number of alkyl halides is 3. The van der Waals surface area contributed by atoms with Gasteiger partial charge in [0, 0.05) is 6.04 Å². The van der Waals surface area contributed by atoms with Crippen LogP contribution >= 0.6 is 0 Å². The van der Waals surface area contributed by atoms with Crippen molar-refractivity contribution < 1.29 is 18.0 Å². The molecule has 2 aliphatic rings. The lowest BCUT2D eigenvalue weighted by Gasteiger charge is -2.33. The van der Waals surface area contributed by atoms with Crippen molar-refractivity contribution in [1.82, 2.24) is 10.2 Å². The summed E-state index contributed by atoms with van der Waals surface area (Å²) in [7, 11) is 0. The van der Waals surface area contributed by atoms with Gasteiger partial charge in [-0.05, 0) is 38.1 Å². The van der Waals surface area contributed by atoms with Crippen molar-refractivity contribution in [2.24, 2.45) is 5.92 Å². The number of halogens is 3. The summed E-state index contributed by atoms with van der Waals surface area (Å²) in [4.78, 5) is 13.3. The highest BCUT2D eigenvalue weighted by Gasteiger charge is 2.43. The number of hydrogen-bond acceptors (Lipinski definition) is 2. The normalized spacial score (nSPS) is 28.2. The second-order valence-electron chi connectivity index (χ2n) is 5.62. The molecule has 2 unspecified atom stereocenters. The molecule has 0 radical (unpaired) electrons. The molecule has 1 saturated carbocycles. The lowest BCUT2D eigenvalue weighted by Crippen LogP contribution is -2.53. The molecule has 2 atom stereocenters. The maximum absolute atomic E-state index is 12.5. The molecule has 1 N–H and O–H groups in total. The molecule has 1 heterocycles. The van der Waals surface area contributed by atoms with Crippen molar-refractivity contribution in [1.29, 1.82) is 0 Å². The Hall–Kier alpha value is -0.780. The van der Waals surface area contributed by atoms with Crippen LogP contribution in [0.3, 0.4) is 0 Å². The summed E-state index contributed by atoms with van der Waals surface area (Å²) >= 11 is 0. The average Bonchev–Trinajstić information content (AvgIpc) is 3.18. The van der Waals surface area contributed by atoms with Gasteiger partial charge >= 0.3 is 6.18 Å². The van der Waals surface area contributed by atoms with Gasteiger partial charge in [0.1, 0.15) is 6.54 Å². The van der Waals surface area contributed by atoms with Gasteiger partial charge in [-0.25, -0.2) is 0 Å². The van der Waals surface area contributed by atoms with Crippen molar-refractivity contribution in [2.75, 3.05) is 13.1 Å². The summed E-state index contributed by atoms with van der Waals surface area (Å²) in [5, 5.41) is 3.07. The Morgan fingerprint density at radius 2 is 2.00 bits per heavy atom. The molecule has 1 aliphatic carbocycles. The number of nitrogens with one attached hydrogen (secondary N) is 1. The molecule has 0 bridgehead atoms. The van der Waals surface area contributed by atoms with E-state index in [0.717, 1.165) is 24.3 Å². The first-order valence-electron chi connectivity index (χ1n) is 7.01. The summed E-state index contributed by atoms with van der Waals surface area (Å²) in [5.74, 6) is 0.0834. The SMILES string of the molecule is CCC1CCNC(C(=O)N(CC(F)(F)F)C2CC2)C1.